The second-order valence-corrected chi connectivity index (χ2v) is 9.90. The average molecular weight is 435 g/mol. The Hall–Kier alpha value is -1.28. The molecular weight excluding hydrogens is 403 g/mol. The molecule has 0 unspecified atom stereocenters. The van der Waals surface area contributed by atoms with Gasteiger partial charge in [0.2, 0.25) is 0 Å². The summed E-state index contributed by atoms with van der Waals surface area (Å²) < 4.78 is 17.9. The third kappa shape index (κ3) is 7.48. The van der Waals surface area contributed by atoms with E-state index in [9.17, 15) is 4.39 Å². The summed E-state index contributed by atoms with van der Waals surface area (Å²) in [6, 6.07) is 11.5. The van der Waals surface area contributed by atoms with Gasteiger partial charge in [0.1, 0.15) is 11.6 Å². The molecule has 2 aromatic rings. The van der Waals surface area contributed by atoms with Crippen LogP contribution in [0.5, 0.6) is 0 Å². The van der Waals surface area contributed by atoms with Gasteiger partial charge in [0.15, 0.2) is 0 Å². The van der Waals surface area contributed by atoms with Gasteiger partial charge < -0.3 is 5.32 Å². The lowest BCUT2D eigenvalue weighted by Crippen LogP contribution is -2.35. The Bertz CT molecular complexity index is 731. The molecule has 1 aromatic heterocycles. The highest BCUT2D eigenvalue weighted by Crippen LogP contribution is 2.27. The minimum absolute atomic E-state index is 0.191. The molecule has 1 fully saturated rings. The summed E-state index contributed by atoms with van der Waals surface area (Å²) in [5.41, 5.74) is 1.11. The summed E-state index contributed by atoms with van der Waals surface area (Å²) in [5.74, 6) is 1.30. The van der Waals surface area contributed by atoms with Crippen molar-refractivity contribution in [2.45, 2.75) is 44.2 Å². The molecular formula is C22H31FN4S2. The quantitative estimate of drug-likeness (QED) is 0.522. The number of anilines is 1. The van der Waals surface area contributed by atoms with Gasteiger partial charge in [0, 0.05) is 43.3 Å². The number of nitrogens with one attached hydrogen (secondary N) is 1. The van der Waals surface area contributed by atoms with Crippen molar-refractivity contribution < 1.29 is 4.39 Å². The third-order valence-corrected chi connectivity index (χ3v) is 6.75. The van der Waals surface area contributed by atoms with E-state index in [2.05, 4.69) is 51.1 Å². The summed E-state index contributed by atoms with van der Waals surface area (Å²) in [7, 11) is 0. The van der Waals surface area contributed by atoms with Gasteiger partial charge >= 0.3 is 0 Å². The van der Waals surface area contributed by atoms with Gasteiger partial charge in [-0.3, -0.25) is 4.31 Å². The van der Waals surface area contributed by atoms with Gasteiger partial charge in [-0.05, 0) is 66.8 Å². The Kier molecular flexibility index (Phi) is 8.66. The predicted octanol–water partition coefficient (Wildman–Crippen LogP) is 5.54. The van der Waals surface area contributed by atoms with E-state index in [0.717, 1.165) is 55.3 Å². The molecule has 0 radical (unpaired) electrons. The first-order valence-corrected chi connectivity index (χ1v) is 12.2. The van der Waals surface area contributed by atoms with Crippen molar-refractivity contribution >= 4 is 29.7 Å². The van der Waals surface area contributed by atoms with Crippen LogP contribution in [0.4, 0.5) is 10.2 Å². The lowest BCUT2D eigenvalue weighted by Gasteiger charge is -2.30. The highest BCUT2D eigenvalue weighted by atomic mass is 32.2. The van der Waals surface area contributed by atoms with Crippen LogP contribution < -0.4 is 5.32 Å². The van der Waals surface area contributed by atoms with Crippen molar-refractivity contribution in [2.24, 2.45) is 5.92 Å². The van der Waals surface area contributed by atoms with Crippen LogP contribution in [-0.2, 0) is 6.54 Å². The number of piperidine rings is 1. The molecule has 2 heterocycles. The van der Waals surface area contributed by atoms with Gasteiger partial charge in [0.25, 0.3) is 0 Å². The molecule has 7 heteroatoms. The van der Waals surface area contributed by atoms with Crippen LogP contribution in [0.1, 0.15) is 32.3 Å². The molecule has 0 aliphatic carbocycles. The minimum Gasteiger partial charge on any atom is -0.367 e. The molecule has 3 rings (SSSR count). The van der Waals surface area contributed by atoms with Crippen molar-refractivity contribution in [3.8, 4) is 0 Å². The van der Waals surface area contributed by atoms with Crippen LogP contribution in [0, 0.1) is 11.7 Å². The summed E-state index contributed by atoms with van der Waals surface area (Å²) >= 11 is 3.54. The summed E-state index contributed by atoms with van der Waals surface area (Å²) in [6.45, 7) is 8.41. The molecule has 0 amide bonds. The van der Waals surface area contributed by atoms with E-state index in [-0.39, 0.29) is 5.82 Å². The highest BCUT2D eigenvalue weighted by Gasteiger charge is 2.18. The van der Waals surface area contributed by atoms with Gasteiger partial charge in [0.05, 0.1) is 0 Å². The summed E-state index contributed by atoms with van der Waals surface area (Å²) in [6.07, 6.45) is 6.39. The molecule has 1 saturated heterocycles. The average Bonchev–Trinajstić information content (AvgIpc) is 2.71. The molecule has 0 spiro atoms. The minimum atomic E-state index is -0.191. The first-order chi connectivity index (χ1) is 14.0. The lowest BCUT2D eigenvalue weighted by atomic mass is 10.1. The van der Waals surface area contributed by atoms with Crippen molar-refractivity contribution in [2.75, 3.05) is 31.2 Å². The molecule has 1 N–H and O–H groups in total. The van der Waals surface area contributed by atoms with Gasteiger partial charge in [-0.25, -0.2) is 13.7 Å². The fourth-order valence-electron chi connectivity index (χ4n) is 3.40. The maximum Gasteiger partial charge on any atom is 0.126 e. The number of rotatable bonds is 9. The van der Waals surface area contributed by atoms with E-state index in [1.165, 1.54) is 12.1 Å². The van der Waals surface area contributed by atoms with Crippen molar-refractivity contribution in [1.82, 2.24) is 13.6 Å². The Morgan fingerprint density at radius 1 is 1.17 bits per heavy atom. The van der Waals surface area contributed by atoms with Crippen LogP contribution in [0.2, 0.25) is 0 Å². The van der Waals surface area contributed by atoms with E-state index < -0.39 is 0 Å². The van der Waals surface area contributed by atoms with E-state index in [4.69, 9.17) is 0 Å². The fraction of sp³-hybridized carbons (Fsp3) is 0.500. The molecule has 0 bridgehead atoms. The zero-order valence-corrected chi connectivity index (χ0v) is 19.1. The normalized spacial score (nSPS) is 15.9. The van der Waals surface area contributed by atoms with Gasteiger partial charge in [-0.1, -0.05) is 37.9 Å². The number of pyridine rings is 1. The van der Waals surface area contributed by atoms with Gasteiger partial charge in [-0.2, -0.15) is 0 Å². The first-order valence-electron chi connectivity index (χ1n) is 10.2. The monoisotopic (exact) mass is 434 g/mol. The Balaban J connectivity index is 1.56. The Morgan fingerprint density at radius 2 is 1.90 bits per heavy atom. The maximum absolute atomic E-state index is 13.2. The number of hydrogen-bond donors (Lipinski definition) is 1. The zero-order chi connectivity index (χ0) is 20.6. The summed E-state index contributed by atoms with van der Waals surface area (Å²) in [4.78, 5) is 5.76. The smallest absolute Gasteiger partial charge is 0.126 e. The number of halogens is 1. The lowest BCUT2D eigenvalue weighted by molar-refractivity contribution is 0.359. The van der Waals surface area contributed by atoms with E-state index in [1.807, 2.05) is 30.3 Å². The highest BCUT2D eigenvalue weighted by molar-refractivity contribution is 7.97. The maximum atomic E-state index is 13.2. The zero-order valence-electron chi connectivity index (χ0n) is 17.5. The Labute approximate surface area is 182 Å². The second kappa shape index (κ2) is 11.2. The molecule has 4 nitrogen and oxygen atoms in total. The fourth-order valence-corrected chi connectivity index (χ4v) is 5.08. The van der Waals surface area contributed by atoms with Crippen LogP contribution in [-0.4, -0.2) is 45.5 Å². The molecule has 29 heavy (non-hydrogen) atoms. The van der Waals surface area contributed by atoms with E-state index >= 15 is 0 Å². The van der Waals surface area contributed by atoms with Crippen LogP contribution in [0.15, 0.2) is 47.5 Å². The summed E-state index contributed by atoms with van der Waals surface area (Å²) in [5, 5.41) is 3.58. The number of nitrogens with zero attached hydrogens (tertiary/aromatic N) is 3. The van der Waals surface area contributed by atoms with Crippen molar-refractivity contribution in [1.29, 1.82) is 0 Å². The molecule has 1 aliphatic rings. The molecule has 0 saturated carbocycles. The Morgan fingerprint density at radius 3 is 2.48 bits per heavy atom. The number of hydrogen-bond acceptors (Lipinski definition) is 6. The van der Waals surface area contributed by atoms with E-state index in [1.54, 1.807) is 11.9 Å². The van der Waals surface area contributed by atoms with Crippen molar-refractivity contribution in [3.63, 3.8) is 0 Å². The number of aromatic nitrogens is 1. The second-order valence-electron chi connectivity index (χ2n) is 7.84. The third-order valence-electron chi connectivity index (χ3n) is 4.88. The van der Waals surface area contributed by atoms with Crippen LogP contribution in [0.25, 0.3) is 0 Å². The standard InChI is InChI=1S/C22H31FN4S2/c1-17(2)15-27(16-18-4-6-19(23)7-5-18)29-21-8-9-22(24-14-21)25-20-10-12-26(28-3)13-11-20/h4-9,14,17,20H,10-13,15-16H2,1-3H3,(H,24,25). The SMILES string of the molecule is CSN1CCC(Nc2ccc(SN(Cc3ccc(F)cc3)CC(C)C)cn2)CC1. The topological polar surface area (TPSA) is 31.4 Å². The largest absolute Gasteiger partial charge is 0.367 e. The number of benzene rings is 1. The van der Waals surface area contributed by atoms with Crippen LogP contribution >= 0.6 is 23.9 Å². The van der Waals surface area contributed by atoms with Crippen molar-refractivity contribution in [3.05, 3.63) is 54.0 Å². The molecule has 1 aromatic carbocycles. The predicted molar refractivity (Wildman–Crippen MR) is 123 cm³/mol. The molecule has 1 aliphatic heterocycles. The van der Waals surface area contributed by atoms with Gasteiger partial charge in [-0.15, -0.1) is 0 Å². The molecule has 0 atom stereocenters. The molecule has 158 valence electrons. The van der Waals surface area contributed by atoms with E-state index in [0.29, 0.717) is 12.0 Å². The first kappa shape index (κ1) is 22.4. The van der Waals surface area contributed by atoms with Crippen LogP contribution in [0.3, 0.4) is 0 Å².